The van der Waals surface area contributed by atoms with E-state index in [0.717, 1.165) is 19.5 Å². The lowest BCUT2D eigenvalue weighted by atomic mass is 10.1. The Balaban J connectivity index is 2.01. The highest BCUT2D eigenvalue weighted by Crippen LogP contribution is 2.10. The molecule has 0 atom stereocenters. The van der Waals surface area contributed by atoms with Gasteiger partial charge in [-0.05, 0) is 31.5 Å². The van der Waals surface area contributed by atoms with Crippen LogP contribution in [0.4, 0.5) is 0 Å². The van der Waals surface area contributed by atoms with E-state index in [2.05, 4.69) is 29.8 Å². The Morgan fingerprint density at radius 3 is 2.33 bits per heavy atom. The fraction of sp³-hybridized carbons (Fsp3) is 0.750. The number of hydrogen-bond donors (Lipinski definition) is 1. The van der Waals surface area contributed by atoms with E-state index in [9.17, 15) is 0 Å². The lowest BCUT2D eigenvalue weighted by molar-refractivity contribution is 0.537. The first-order chi connectivity index (χ1) is 8.88. The van der Waals surface area contributed by atoms with Gasteiger partial charge in [0.2, 0.25) is 0 Å². The van der Waals surface area contributed by atoms with Crippen LogP contribution in [0.15, 0.2) is 18.3 Å². The van der Waals surface area contributed by atoms with Crippen LogP contribution in [-0.4, -0.2) is 11.1 Å². The van der Waals surface area contributed by atoms with Gasteiger partial charge in [-0.2, -0.15) is 0 Å². The summed E-state index contributed by atoms with van der Waals surface area (Å²) < 4.78 is 2.37. The average molecular weight is 250 g/mol. The first-order valence-corrected chi connectivity index (χ1v) is 7.72. The van der Waals surface area contributed by atoms with E-state index < -0.39 is 0 Å². The average Bonchev–Trinajstić information content (AvgIpc) is 2.81. The lowest BCUT2D eigenvalue weighted by Gasteiger charge is -2.08. The number of nitrogens with zero attached hydrogens (tertiary/aromatic N) is 1. The monoisotopic (exact) mass is 250 g/mol. The van der Waals surface area contributed by atoms with Crippen LogP contribution in [0.1, 0.15) is 64.0 Å². The first kappa shape index (κ1) is 15.3. The molecule has 0 unspecified atom stereocenters. The normalized spacial score (nSPS) is 11.0. The highest BCUT2D eigenvalue weighted by molar-refractivity contribution is 5.07. The summed E-state index contributed by atoms with van der Waals surface area (Å²) in [6.45, 7) is 4.19. The predicted molar refractivity (Wildman–Crippen MR) is 79.8 cm³/mol. The van der Waals surface area contributed by atoms with Gasteiger partial charge in [0.05, 0.1) is 0 Å². The molecule has 0 radical (unpaired) electrons. The van der Waals surface area contributed by atoms with Crippen molar-refractivity contribution in [1.82, 2.24) is 4.57 Å². The van der Waals surface area contributed by atoms with Crippen LogP contribution in [-0.2, 0) is 13.0 Å². The van der Waals surface area contributed by atoms with Gasteiger partial charge < -0.3 is 10.3 Å². The van der Waals surface area contributed by atoms with Gasteiger partial charge in [-0.25, -0.2) is 0 Å². The summed E-state index contributed by atoms with van der Waals surface area (Å²) in [4.78, 5) is 0. The summed E-state index contributed by atoms with van der Waals surface area (Å²) in [7, 11) is 0. The second-order valence-corrected chi connectivity index (χ2v) is 5.21. The third-order valence-corrected chi connectivity index (χ3v) is 3.58. The zero-order valence-corrected chi connectivity index (χ0v) is 12.0. The third-order valence-electron chi connectivity index (χ3n) is 3.58. The number of nitrogens with two attached hydrogens (primary N) is 1. The molecule has 1 heterocycles. The molecule has 0 aliphatic rings. The largest absolute Gasteiger partial charge is 0.351 e. The summed E-state index contributed by atoms with van der Waals surface area (Å²) in [5.74, 6) is 0. The number of rotatable bonds is 11. The molecule has 0 saturated carbocycles. The zero-order chi connectivity index (χ0) is 13.1. The molecule has 18 heavy (non-hydrogen) atoms. The SMILES string of the molecule is CCCCCCCCCCn1cccc1CCN. The minimum absolute atomic E-state index is 0.751. The highest BCUT2D eigenvalue weighted by atomic mass is 15.0. The number of aryl methyl sites for hydroxylation is 1. The molecule has 2 heteroatoms. The molecule has 0 aromatic carbocycles. The van der Waals surface area contributed by atoms with Crippen molar-refractivity contribution < 1.29 is 0 Å². The molecule has 0 fully saturated rings. The minimum atomic E-state index is 0.751. The van der Waals surface area contributed by atoms with Crippen LogP contribution in [0.2, 0.25) is 0 Å². The number of unbranched alkanes of at least 4 members (excludes halogenated alkanes) is 7. The molecule has 0 bridgehead atoms. The van der Waals surface area contributed by atoms with Crippen LogP contribution in [0.25, 0.3) is 0 Å². The molecule has 2 nitrogen and oxygen atoms in total. The van der Waals surface area contributed by atoms with E-state index in [4.69, 9.17) is 5.73 Å². The van der Waals surface area contributed by atoms with Crippen molar-refractivity contribution in [2.45, 2.75) is 71.3 Å². The first-order valence-electron chi connectivity index (χ1n) is 7.72. The van der Waals surface area contributed by atoms with E-state index in [1.165, 1.54) is 57.1 Å². The Kier molecular flexibility index (Phi) is 8.66. The molecule has 0 spiro atoms. The van der Waals surface area contributed by atoms with Gasteiger partial charge in [-0.1, -0.05) is 51.9 Å². The van der Waals surface area contributed by atoms with E-state index in [1.54, 1.807) is 0 Å². The van der Waals surface area contributed by atoms with Crippen LogP contribution in [0.5, 0.6) is 0 Å². The van der Waals surface area contributed by atoms with Gasteiger partial charge in [-0.3, -0.25) is 0 Å². The quantitative estimate of drug-likeness (QED) is 0.588. The minimum Gasteiger partial charge on any atom is -0.351 e. The topological polar surface area (TPSA) is 30.9 Å². The zero-order valence-electron chi connectivity index (χ0n) is 12.0. The Morgan fingerprint density at radius 1 is 1.00 bits per heavy atom. The van der Waals surface area contributed by atoms with Crippen molar-refractivity contribution in [3.8, 4) is 0 Å². The van der Waals surface area contributed by atoms with Gasteiger partial charge in [0.15, 0.2) is 0 Å². The third kappa shape index (κ3) is 6.25. The lowest BCUT2D eigenvalue weighted by Crippen LogP contribution is -2.08. The van der Waals surface area contributed by atoms with Crippen LogP contribution < -0.4 is 5.73 Å². The van der Waals surface area contributed by atoms with E-state index >= 15 is 0 Å². The Bertz CT molecular complexity index is 291. The molecule has 0 saturated heterocycles. The molecule has 0 aliphatic carbocycles. The summed E-state index contributed by atoms with van der Waals surface area (Å²) in [5, 5.41) is 0. The van der Waals surface area contributed by atoms with Crippen molar-refractivity contribution in [2.75, 3.05) is 6.54 Å². The fourth-order valence-corrected chi connectivity index (χ4v) is 2.46. The maximum Gasteiger partial charge on any atom is 0.0222 e. The van der Waals surface area contributed by atoms with E-state index in [0.29, 0.717) is 0 Å². The molecular formula is C16H30N2. The van der Waals surface area contributed by atoms with Crippen molar-refractivity contribution in [3.05, 3.63) is 24.0 Å². The molecule has 104 valence electrons. The van der Waals surface area contributed by atoms with Gasteiger partial charge in [-0.15, -0.1) is 0 Å². The Hall–Kier alpha value is -0.760. The van der Waals surface area contributed by atoms with E-state index in [1.807, 2.05) is 0 Å². The fourth-order valence-electron chi connectivity index (χ4n) is 2.46. The smallest absolute Gasteiger partial charge is 0.0222 e. The van der Waals surface area contributed by atoms with Crippen molar-refractivity contribution in [1.29, 1.82) is 0 Å². The second-order valence-electron chi connectivity index (χ2n) is 5.21. The second kappa shape index (κ2) is 10.2. The van der Waals surface area contributed by atoms with Gasteiger partial charge >= 0.3 is 0 Å². The maximum absolute atomic E-state index is 5.61. The van der Waals surface area contributed by atoms with Crippen molar-refractivity contribution in [2.24, 2.45) is 5.73 Å². The van der Waals surface area contributed by atoms with Gasteiger partial charge in [0, 0.05) is 18.4 Å². The van der Waals surface area contributed by atoms with Crippen LogP contribution in [0, 0.1) is 0 Å². The molecule has 0 amide bonds. The van der Waals surface area contributed by atoms with Gasteiger partial charge in [0.25, 0.3) is 0 Å². The molecule has 1 rings (SSSR count). The van der Waals surface area contributed by atoms with Crippen LogP contribution in [0.3, 0.4) is 0 Å². The summed E-state index contributed by atoms with van der Waals surface area (Å²) in [6.07, 6.45) is 14.3. The number of hydrogen-bond acceptors (Lipinski definition) is 1. The van der Waals surface area contributed by atoms with Crippen LogP contribution >= 0.6 is 0 Å². The van der Waals surface area contributed by atoms with Crippen molar-refractivity contribution >= 4 is 0 Å². The molecular weight excluding hydrogens is 220 g/mol. The highest BCUT2D eigenvalue weighted by Gasteiger charge is 1.99. The van der Waals surface area contributed by atoms with Gasteiger partial charge in [0.1, 0.15) is 0 Å². The Labute approximate surface area is 113 Å². The standard InChI is InChI=1S/C16H30N2/c1-2-3-4-5-6-7-8-9-14-18-15-10-11-16(18)12-13-17/h10-11,15H,2-9,12-14,17H2,1H3. The summed E-state index contributed by atoms with van der Waals surface area (Å²) in [5.41, 5.74) is 7.00. The molecule has 0 aliphatic heterocycles. The molecule has 1 aromatic heterocycles. The van der Waals surface area contributed by atoms with Crippen molar-refractivity contribution in [3.63, 3.8) is 0 Å². The Morgan fingerprint density at radius 2 is 1.67 bits per heavy atom. The molecule has 1 aromatic rings. The molecule has 2 N–H and O–H groups in total. The summed E-state index contributed by atoms with van der Waals surface area (Å²) >= 11 is 0. The number of aromatic nitrogens is 1. The predicted octanol–water partition coefficient (Wildman–Crippen LogP) is 4.13. The summed E-state index contributed by atoms with van der Waals surface area (Å²) in [6, 6.07) is 4.33. The van der Waals surface area contributed by atoms with E-state index in [-0.39, 0.29) is 0 Å². The maximum atomic E-state index is 5.61.